The first-order valence-electron chi connectivity index (χ1n) is 6.44. The van der Waals surface area contributed by atoms with E-state index in [-0.39, 0.29) is 24.0 Å². The molecule has 0 radical (unpaired) electrons. The van der Waals surface area contributed by atoms with Crippen molar-refractivity contribution in [2.45, 2.75) is 31.8 Å². The zero-order valence-corrected chi connectivity index (χ0v) is 11.1. The summed E-state index contributed by atoms with van der Waals surface area (Å²) in [5, 5.41) is 10.6. The SMILES string of the molecule is COc1ccc(C2C(=N)NC(=O)N2C2CC2)cc1C. The van der Waals surface area contributed by atoms with E-state index >= 15 is 0 Å². The zero-order valence-electron chi connectivity index (χ0n) is 11.1. The Hall–Kier alpha value is -2.04. The van der Waals surface area contributed by atoms with E-state index in [9.17, 15) is 4.79 Å². The summed E-state index contributed by atoms with van der Waals surface area (Å²) in [6.45, 7) is 1.97. The van der Waals surface area contributed by atoms with Crippen LogP contribution in [0.3, 0.4) is 0 Å². The highest BCUT2D eigenvalue weighted by atomic mass is 16.5. The molecule has 0 bridgehead atoms. The topological polar surface area (TPSA) is 65.4 Å². The van der Waals surface area contributed by atoms with E-state index in [0.29, 0.717) is 0 Å². The first kappa shape index (κ1) is 12.0. The van der Waals surface area contributed by atoms with Gasteiger partial charge < -0.3 is 9.64 Å². The number of aryl methyl sites for hydroxylation is 1. The number of carbonyl (C=O) groups excluding carboxylic acids is 1. The molecular weight excluding hydrogens is 242 g/mol. The molecule has 3 rings (SSSR count). The minimum atomic E-state index is -0.274. The molecule has 0 aromatic heterocycles. The van der Waals surface area contributed by atoms with Gasteiger partial charge >= 0.3 is 6.03 Å². The second-order valence-electron chi connectivity index (χ2n) is 5.11. The lowest BCUT2D eigenvalue weighted by atomic mass is 10.0. The Kier molecular flexibility index (Phi) is 2.69. The molecular formula is C14H17N3O2. The van der Waals surface area contributed by atoms with Crippen molar-refractivity contribution in [3.05, 3.63) is 29.3 Å². The number of ether oxygens (including phenoxy) is 1. The third-order valence-electron chi connectivity index (χ3n) is 3.70. The Morgan fingerprint density at radius 2 is 2.16 bits per heavy atom. The summed E-state index contributed by atoms with van der Waals surface area (Å²) in [6, 6.07) is 5.69. The summed E-state index contributed by atoms with van der Waals surface area (Å²) >= 11 is 0. The van der Waals surface area contributed by atoms with Crippen molar-refractivity contribution in [1.29, 1.82) is 5.41 Å². The average molecular weight is 259 g/mol. The molecule has 5 heteroatoms. The van der Waals surface area contributed by atoms with Gasteiger partial charge in [-0.05, 0) is 43.0 Å². The number of benzene rings is 1. The van der Waals surface area contributed by atoms with Gasteiger partial charge in [0.05, 0.1) is 7.11 Å². The molecule has 1 aromatic rings. The standard InChI is InChI=1S/C14H17N3O2/c1-8-7-9(3-6-11(8)19-2)12-13(15)16-14(18)17(12)10-4-5-10/h3,6-7,10,12H,4-5H2,1-2H3,(H2,15,16,18). The van der Waals surface area contributed by atoms with Crippen LogP contribution < -0.4 is 10.1 Å². The van der Waals surface area contributed by atoms with Gasteiger partial charge in [-0.25, -0.2) is 4.79 Å². The number of nitrogens with zero attached hydrogens (tertiary/aromatic N) is 1. The van der Waals surface area contributed by atoms with E-state index < -0.39 is 0 Å². The molecule has 1 unspecified atom stereocenters. The summed E-state index contributed by atoms with van der Waals surface area (Å²) < 4.78 is 5.25. The maximum absolute atomic E-state index is 11.9. The maximum Gasteiger partial charge on any atom is 0.323 e. The molecule has 2 N–H and O–H groups in total. The molecule has 1 aliphatic carbocycles. The number of nitrogens with one attached hydrogen (secondary N) is 2. The van der Waals surface area contributed by atoms with Gasteiger partial charge in [-0.1, -0.05) is 6.07 Å². The van der Waals surface area contributed by atoms with E-state index in [1.165, 1.54) is 0 Å². The van der Waals surface area contributed by atoms with Crippen molar-refractivity contribution in [2.24, 2.45) is 0 Å². The summed E-state index contributed by atoms with van der Waals surface area (Å²) in [4.78, 5) is 13.7. The highest BCUT2D eigenvalue weighted by Crippen LogP contribution is 2.38. The van der Waals surface area contributed by atoms with Crippen LogP contribution >= 0.6 is 0 Å². The van der Waals surface area contributed by atoms with Crippen molar-refractivity contribution < 1.29 is 9.53 Å². The van der Waals surface area contributed by atoms with Gasteiger partial charge in [-0.3, -0.25) is 10.7 Å². The highest BCUT2D eigenvalue weighted by Gasteiger charge is 2.45. The third-order valence-corrected chi connectivity index (χ3v) is 3.70. The average Bonchev–Trinajstić information content (AvgIpc) is 3.15. The summed E-state index contributed by atoms with van der Waals surface area (Å²) in [7, 11) is 1.64. The van der Waals surface area contributed by atoms with Crippen molar-refractivity contribution in [3.63, 3.8) is 0 Å². The van der Waals surface area contributed by atoms with Crippen LogP contribution in [0.25, 0.3) is 0 Å². The Morgan fingerprint density at radius 3 is 2.74 bits per heavy atom. The highest BCUT2D eigenvalue weighted by molar-refractivity contribution is 6.06. The monoisotopic (exact) mass is 259 g/mol. The Labute approximate surface area is 112 Å². The van der Waals surface area contributed by atoms with Crippen LogP contribution in [0.4, 0.5) is 4.79 Å². The van der Waals surface area contributed by atoms with Crippen LogP contribution in [0.1, 0.15) is 30.0 Å². The Bertz CT molecular complexity index is 552. The van der Waals surface area contributed by atoms with Gasteiger partial charge in [0.1, 0.15) is 17.6 Å². The van der Waals surface area contributed by atoms with Crippen molar-refractivity contribution in [2.75, 3.05) is 7.11 Å². The van der Waals surface area contributed by atoms with Gasteiger partial charge in [0, 0.05) is 6.04 Å². The fourth-order valence-corrected chi connectivity index (χ4v) is 2.63. The molecule has 2 amide bonds. The predicted molar refractivity (Wildman–Crippen MR) is 71.6 cm³/mol. The minimum absolute atomic E-state index is 0.147. The smallest absolute Gasteiger partial charge is 0.323 e. The zero-order chi connectivity index (χ0) is 13.6. The number of hydrogen-bond donors (Lipinski definition) is 2. The van der Waals surface area contributed by atoms with Crippen molar-refractivity contribution in [1.82, 2.24) is 10.2 Å². The number of methoxy groups -OCH3 is 1. The van der Waals surface area contributed by atoms with Crippen LogP contribution in [0, 0.1) is 12.3 Å². The normalized spacial score (nSPS) is 22.6. The summed E-state index contributed by atoms with van der Waals surface area (Å²) in [5.74, 6) is 1.09. The van der Waals surface area contributed by atoms with Crippen molar-refractivity contribution >= 4 is 11.9 Å². The van der Waals surface area contributed by atoms with E-state index in [2.05, 4.69) is 5.32 Å². The largest absolute Gasteiger partial charge is 0.496 e. The van der Waals surface area contributed by atoms with E-state index in [1.807, 2.05) is 25.1 Å². The van der Waals surface area contributed by atoms with Crippen LogP contribution in [0.5, 0.6) is 5.75 Å². The fourth-order valence-electron chi connectivity index (χ4n) is 2.63. The molecule has 1 saturated heterocycles. The molecule has 1 saturated carbocycles. The first-order chi connectivity index (χ1) is 9.11. The predicted octanol–water partition coefficient (Wildman–Crippen LogP) is 2.21. The molecule has 2 fully saturated rings. The van der Waals surface area contributed by atoms with Crippen LogP contribution in [0.2, 0.25) is 0 Å². The lowest BCUT2D eigenvalue weighted by Crippen LogP contribution is -2.31. The molecule has 100 valence electrons. The van der Waals surface area contributed by atoms with Crippen LogP contribution in [-0.4, -0.2) is 29.9 Å². The molecule has 1 aromatic carbocycles. The second kappa shape index (κ2) is 4.26. The van der Waals surface area contributed by atoms with E-state index in [1.54, 1.807) is 12.0 Å². The van der Waals surface area contributed by atoms with Gasteiger partial charge in [0.2, 0.25) is 0 Å². The maximum atomic E-state index is 11.9. The number of amides is 2. The fraction of sp³-hybridized carbons (Fsp3) is 0.429. The van der Waals surface area contributed by atoms with E-state index in [0.717, 1.165) is 29.7 Å². The van der Waals surface area contributed by atoms with Gasteiger partial charge in [0.25, 0.3) is 0 Å². The summed E-state index contributed by atoms with van der Waals surface area (Å²) in [6.07, 6.45) is 2.07. The first-order valence-corrected chi connectivity index (χ1v) is 6.44. The van der Waals surface area contributed by atoms with Gasteiger partial charge in [-0.2, -0.15) is 0 Å². The Balaban J connectivity index is 1.97. The lowest BCUT2D eigenvalue weighted by molar-refractivity contribution is 0.202. The molecule has 1 heterocycles. The van der Waals surface area contributed by atoms with Gasteiger partial charge in [-0.15, -0.1) is 0 Å². The van der Waals surface area contributed by atoms with Gasteiger partial charge in [0.15, 0.2) is 0 Å². The van der Waals surface area contributed by atoms with E-state index in [4.69, 9.17) is 10.1 Å². The molecule has 19 heavy (non-hydrogen) atoms. The number of rotatable bonds is 3. The quantitative estimate of drug-likeness (QED) is 0.874. The lowest BCUT2D eigenvalue weighted by Gasteiger charge is -2.23. The third kappa shape index (κ3) is 1.95. The number of urea groups is 1. The molecule has 1 aliphatic heterocycles. The number of hydrogen-bond acceptors (Lipinski definition) is 3. The number of amidine groups is 1. The van der Waals surface area contributed by atoms with Crippen LogP contribution in [-0.2, 0) is 0 Å². The molecule has 1 atom stereocenters. The Morgan fingerprint density at radius 1 is 1.42 bits per heavy atom. The summed E-state index contributed by atoms with van der Waals surface area (Å²) in [5.41, 5.74) is 1.98. The second-order valence-corrected chi connectivity index (χ2v) is 5.11. The molecule has 5 nitrogen and oxygen atoms in total. The van der Waals surface area contributed by atoms with Crippen LogP contribution in [0.15, 0.2) is 18.2 Å². The molecule has 2 aliphatic rings. The van der Waals surface area contributed by atoms with Crippen molar-refractivity contribution in [3.8, 4) is 5.75 Å². The minimum Gasteiger partial charge on any atom is -0.496 e. The molecule has 0 spiro atoms. The number of carbonyl (C=O) groups is 1.